The summed E-state index contributed by atoms with van der Waals surface area (Å²) in [5.74, 6) is -0.368. The number of hydrogen-bond donors (Lipinski definition) is 1. The van der Waals surface area contributed by atoms with Gasteiger partial charge in [0.2, 0.25) is 10.0 Å². The Morgan fingerprint density at radius 2 is 2.05 bits per heavy atom. The Labute approximate surface area is 124 Å². The number of piperidine rings is 1. The van der Waals surface area contributed by atoms with E-state index in [1.165, 1.54) is 16.4 Å². The van der Waals surface area contributed by atoms with Crippen LogP contribution in [0.4, 0.5) is 4.39 Å². The van der Waals surface area contributed by atoms with Crippen LogP contribution in [0, 0.1) is 11.7 Å². The van der Waals surface area contributed by atoms with Crippen molar-refractivity contribution in [1.82, 2.24) is 4.31 Å². The Balaban J connectivity index is 2.19. The molecular formula is C14H21FN2O3S. The van der Waals surface area contributed by atoms with E-state index < -0.39 is 15.8 Å². The predicted octanol–water partition coefficient (Wildman–Crippen LogP) is 1.33. The van der Waals surface area contributed by atoms with Crippen molar-refractivity contribution in [3.8, 4) is 0 Å². The lowest BCUT2D eigenvalue weighted by Gasteiger charge is -2.31. The van der Waals surface area contributed by atoms with E-state index in [0.717, 1.165) is 18.9 Å². The van der Waals surface area contributed by atoms with Gasteiger partial charge in [0.25, 0.3) is 0 Å². The van der Waals surface area contributed by atoms with Crippen LogP contribution < -0.4 is 5.73 Å². The van der Waals surface area contributed by atoms with E-state index >= 15 is 0 Å². The number of hydrogen-bond acceptors (Lipinski definition) is 4. The van der Waals surface area contributed by atoms with Crippen LogP contribution in [0.25, 0.3) is 0 Å². The molecule has 0 bridgehead atoms. The summed E-state index contributed by atoms with van der Waals surface area (Å²) in [6.07, 6.45) is 1.45. The van der Waals surface area contributed by atoms with Crippen molar-refractivity contribution in [2.75, 3.05) is 26.8 Å². The predicted molar refractivity (Wildman–Crippen MR) is 77.7 cm³/mol. The fraction of sp³-hybridized carbons (Fsp3) is 0.571. The highest BCUT2D eigenvalue weighted by molar-refractivity contribution is 7.89. The zero-order valence-electron chi connectivity index (χ0n) is 12.1. The molecule has 2 rings (SSSR count). The molecule has 1 fully saturated rings. The fourth-order valence-corrected chi connectivity index (χ4v) is 4.15. The molecule has 0 amide bonds. The minimum Gasteiger partial charge on any atom is -0.384 e. The molecule has 1 aromatic carbocycles. The van der Waals surface area contributed by atoms with Crippen LogP contribution >= 0.6 is 0 Å². The topological polar surface area (TPSA) is 72.6 Å². The second-order valence-corrected chi connectivity index (χ2v) is 7.18. The van der Waals surface area contributed by atoms with Gasteiger partial charge in [-0.05, 0) is 36.5 Å². The van der Waals surface area contributed by atoms with Crippen LogP contribution in [0.2, 0.25) is 0 Å². The molecule has 0 unspecified atom stereocenters. The lowest BCUT2D eigenvalue weighted by atomic mass is 9.99. The molecule has 118 valence electrons. The Morgan fingerprint density at radius 3 is 2.62 bits per heavy atom. The zero-order valence-corrected chi connectivity index (χ0v) is 12.9. The van der Waals surface area contributed by atoms with Crippen molar-refractivity contribution < 1.29 is 17.5 Å². The first-order chi connectivity index (χ1) is 9.98. The van der Waals surface area contributed by atoms with Crippen molar-refractivity contribution in [2.45, 2.75) is 24.3 Å². The van der Waals surface area contributed by atoms with Gasteiger partial charge in [0.1, 0.15) is 10.7 Å². The molecule has 1 heterocycles. The second kappa shape index (κ2) is 6.83. The summed E-state index contributed by atoms with van der Waals surface area (Å²) in [6.45, 7) is 1.59. The van der Waals surface area contributed by atoms with Crippen LogP contribution in [-0.4, -0.2) is 39.5 Å². The van der Waals surface area contributed by atoms with E-state index in [1.54, 1.807) is 7.11 Å². The minimum absolute atomic E-state index is 0.179. The van der Waals surface area contributed by atoms with Gasteiger partial charge in [-0.2, -0.15) is 4.31 Å². The molecule has 1 aliphatic heterocycles. The summed E-state index contributed by atoms with van der Waals surface area (Å²) in [6, 6.07) is 3.98. The Kier molecular flexibility index (Phi) is 5.32. The summed E-state index contributed by atoms with van der Waals surface area (Å²) < 4.78 is 45.4. The standard InChI is InChI=1S/C14H21FN2O3S/c1-20-10-11-4-6-17(7-5-11)21(18,19)14-8-12(9-16)2-3-13(14)15/h2-3,8,11H,4-7,9-10,16H2,1H3. The van der Waals surface area contributed by atoms with E-state index in [-0.39, 0.29) is 11.4 Å². The third-order valence-corrected chi connectivity index (χ3v) is 5.74. The first kappa shape index (κ1) is 16.4. The molecule has 0 aliphatic carbocycles. The molecule has 1 saturated heterocycles. The molecule has 5 nitrogen and oxygen atoms in total. The first-order valence-electron chi connectivity index (χ1n) is 6.96. The summed E-state index contributed by atoms with van der Waals surface area (Å²) in [5.41, 5.74) is 6.10. The Bertz CT molecular complexity index is 584. The number of ether oxygens (including phenoxy) is 1. The van der Waals surface area contributed by atoms with E-state index in [9.17, 15) is 12.8 Å². The lowest BCUT2D eigenvalue weighted by molar-refractivity contribution is 0.121. The highest BCUT2D eigenvalue weighted by Gasteiger charge is 2.31. The molecule has 0 spiro atoms. The smallest absolute Gasteiger partial charge is 0.245 e. The van der Waals surface area contributed by atoms with Crippen LogP contribution in [0.5, 0.6) is 0 Å². The molecule has 1 aliphatic rings. The third-order valence-electron chi connectivity index (χ3n) is 3.83. The summed E-state index contributed by atoms with van der Waals surface area (Å²) in [5, 5.41) is 0. The van der Waals surface area contributed by atoms with Crippen LogP contribution in [0.15, 0.2) is 23.1 Å². The van der Waals surface area contributed by atoms with Gasteiger partial charge in [0, 0.05) is 33.4 Å². The van der Waals surface area contributed by atoms with Gasteiger partial charge in [0.15, 0.2) is 0 Å². The van der Waals surface area contributed by atoms with Gasteiger partial charge in [-0.3, -0.25) is 0 Å². The van der Waals surface area contributed by atoms with Gasteiger partial charge >= 0.3 is 0 Å². The fourth-order valence-electron chi connectivity index (χ4n) is 2.56. The number of halogens is 1. The monoisotopic (exact) mass is 316 g/mol. The van der Waals surface area contributed by atoms with Crippen molar-refractivity contribution in [3.63, 3.8) is 0 Å². The summed E-state index contributed by atoms with van der Waals surface area (Å²) in [7, 11) is -2.17. The second-order valence-electron chi connectivity index (χ2n) is 5.27. The number of benzene rings is 1. The van der Waals surface area contributed by atoms with Gasteiger partial charge in [-0.1, -0.05) is 6.07 Å². The SMILES string of the molecule is COCC1CCN(S(=O)(=O)c2cc(CN)ccc2F)CC1. The van der Waals surface area contributed by atoms with Gasteiger partial charge in [-0.25, -0.2) is 12.8 Å². The molecule has 0 saturated carbocycles. The molecular weight excluding hydrogens is 295 g/mol. The van der Waals surface area contributed by atoms with Gasteiger partial charge in [-0.15, -0.1) is 0 Å². The molecule has 21 heavy (non-hydrogen) atoms. The average Bonchev–Trinajstić information content (AvgIpc) is 2.48. The quantitative estimate of drug-likeness (QED) is 0.889. The van der Waals surface area contributed by atoms with E-state index in [2.05, 4.69) is 0 Å². The number of nitrogens with zero attached hydrogens (tertiary/aromatic N) is 1. The number of rotatable bonds is 5. The van der Waals surface area contributed by atoms with Crippen LogP contribution in [-0.2, 0) is 21.3 Å². The van der Waals surface area contributed by atoms with Crippen molar-refractivity contribution in [2.24, 2.45) is 11.7 Å². The molecule has 7 heteroatoms. The van der Waals surface area contributed by atoms with E-state index in [0.29, 0.717) is 31.2 Å². The highest BCUT2D eigenvalue weighted by atomic mass is 32.2. The molecule has 0 radical (unpaired) electrons. The van der Waals surface area contributed by atoms with E-state index in [1.807, 2.05) is 0 Å². The Hall–Kier alpha value is -1.02. The molecule has 1 aromatic rings. The van der Waals surface area contributed by atoms with Gasteiger partial charge in [0.05, 0.1) is 0 Å². The number of sulfonamides is 1. The molecule has 2 N–H and O–H groups in total. The first-order valence-corrected chi connectivity index (χ1v) is 8.40. The normalized spacial score (nSPS) is 18.0. The number of nitrogens with two attached hydrogens (primary N) is 1. The van der Waals surface area contributed by atoms with Crippen molar-refractivity contribution in [3.05, 3.63) is 29.6 Å². The maximum absolute atomic E-state index is 13.9. The maximum atomic E-state index is 13.9. The lowest BCUT2D eigenvalue weighted by Crippen LogP contribution is -2.39. The van der Waals surface area contributed by atoms with Gasteiger partial charge < -0.3 is 10.5 Å². The molecule has 0 atom stereocenters. The zero-order chi connectivity index (χ0) is 15.5. The maximum Gasteiger partial charge on any atom is 0.245 e. The highest BCUT2D eigenvalue weighted by Crippen LogP contribution is 2.26. The van der Waals surface area contributed by atoms with Crippen molar-refractivity contribution >= 4 is 10.0 Å². The average molecular weight is 316 g/mol. The van der Waals surface area contributed by atoms with Crippen LogP contribution in [0.3, 0.4) is 0 Å². The summed E-state index contributed by atoms with van der Waals surface area (Å²) in [4.78, 5) is -0.282. The summed E-state index contributed by atoms with van der Waals surface area (Å²) >= 11 is 0. The van der Waals surface area contributed by atoms with Crippen molar-refractivity contribution in [1.29, 1.82) is 0 Å². The number of methoxy groups -OCH3 is 1. The molecule has 0 aromatic heterocycles. The third kappa shape index (κ3) is 3.60. The van der Waals surface area contributed by atoms with Crippen LogP contribution in [0.1, 0.15) is 18.4 Å². The minimum atomic E-state index is -3.80. The van der Waals surface area contributed by atoms with E-state index in [4.69, 9.17) is 10.5 Å². The Morgan fingerprint density at radius 1 is 1.38 bits per heavy atom. The largest absolute Gasteiger partial charge is 0.384 e.